The van der Waals surface area contributed by atoms with Crippen molar-refractivity contribution in [1.29, 1.82) is 0 Å². The summed E-state index contributed by atoms with van der Waals surface area (Å²) in [6.45, 7) is 16.2. The smallest absolute Gasteiger partial charge is 0.306 e. The Morgan fingerprint density at radius 2 is 1.54 bits per heavy atom. The average molecular weight is 639 g/mol. The van der Waals surface area contributed by atoms with Gasteiger partial charge in [-0.2, -0.15) is 0 Å². The molecule has 3 saturated carbocycles. The van der Waals surface area contributed by atoms with E-state index < -0.39 is 0 Å². The lowest BCUT2D eigenvalue weighted by molar-refractivity contribution is -0.153. The van der Waals surface area contributed by atoms with E-state index >= 15 is 0 Å². The number of aliphatic hydroxyl groups excluding tert-OH is 1. The maximum Gasteiger partial charge on any atom is 0.306 e. The molecule has 3 aliphatic rings. The first-order valence-electron chi connectivity index (χ1n) is 20.1. The average Bonchev–Trinajstić information content (AvgIpc) is 3.31. The monoisotopic (exact) mass is 639 g/mol. The number of allylic oxidation sites excluding steroid dienone is 4. The third-order valence-corrected chi connectivity index (χ3v) is 12.1. The van der Waals surface area contributed by atoms with Crippen LogP contribution in [0, 0.1) is 29.1 Å². The van der Waals surface area contributed by atoms with Crippen LogP contribution in [0.1, 0.15) is 189 Å². The zero-order chi connectivity index (χ0) is 33.4. The predicted octanol–water partition coefficient (Wildman–Crippen LogP) is 12.6. The molecule has 0 aromatic rings. The Labute approximate surface area is 285 Å². The summed E-state index contributed by atoms with van der Waals surface area (Å²) < 4.78 is 6.48. The van der Waals surface area contributed by atoms with Crippen molar-refractivity contribution in [2.75, 3.05) is 0 Å². The number of ether oxygens (including phenoxy) is 1. The van der Waals surface area contributed by atoms with E-state index in [0.29, 0.717) is 24.2 Å². The second-order valence-electron chi connectivity index (χ2n) is 16.4. The number of rotatable bonds is 21. The Hall–Kier alpha value is -1.35. The molecule has 3 heteroatoms. The third-order valence-electron chi connectivity index (χ3n) is 12.1. The number of carbonyl (C=O) groups is 1. The second-order valence-corrected chi connectivity index (χ2v) is 16.4. The predicted molar refractivity (Wildman–Crippen MR) is 197 cm³/mol. The van der Waals surface area contributed by atoms with Gasteiger partial charge in [-0.3, -0.25) is 4.79 Å². The van der Waals surface area contributed by atoms with Gasteiger partial charge in [-0.25, -0.2) is 0 Å². The Kier molecular flexibility index (Phi) is 17.8. The molecule has 0 amide bonds. The van der Waals surface area contributed by atoms with Crippen molar-refractivity contribution in [3.8, 4) is 0 Å². The molecule has 6 atom stereocenters. The molecule has 1 N–H and O–H groups in total. The topological polar surface area (TPSA) is 46.5 Å². The number of carbonyl (C=O) groups excluding carboxylic acids is 1. The SMILES string of the molecule is C=C1CC[C@H](O)C/C1=C\C=C1/CCC[C@@]2(C)[C@@H]([C@H](C)CCCC(C)C)C(OC(=O)CCCCCCCCCCCCCCC)C[C@@H]12. The number of hydrogen-bond acceptors (Lipinski definition) is 3. The maximum atomic E-state index is 13.3. The largest absolute Gasteiger partial charge is 0.462 e. The maximum absolute atomic E-state index is 13.3. The summed E-state index contributed by atoms with van der Waals surface area (Å²) in [6.07, 6.45) is 32.9. The van der Waals surface area contributed by atoms with Crippen LogP contribution in [0.2, 0.25) is 0 Å². The van der Waals surface area contributed by atoms with E-state index in [2.05, 4.69) is 53.3 Å². The number of fused-ring (bicyclic) bond motifs is 1. The van der Waals surface area contributed by atoms with Gasteiger partial charge in [0.25, 0.3) is 0 Å². The summed E-state index contributed by atoms with van der Waals surface area (Å²) in [5, 5.41) is 10.3. The standard InChI is InChI=1S/C43H74O3/c1-7-8-9-10-11-12-13-14-15-16-17-18-19-25-41(45)46-40-32-39-36(27-28-37-31-38(44)29-26-34(37)4)24-21-30-43(39,6)42(40)35(5)23-20-22-33(2)3/h27-28,33,35,38-40,42,44H,4,7-26,29-32H2,1-3,5-6H3/b36-27+,37-28+/t35-,38+,39+,40?,42+,43-/m1/s1. The van der Waals surface area contributed by atoms with Crippen LogP contribution in [-0.4, -0.2) is 23.3 Å². The van der Waals surface area contributed by atoms with E-state index in [1.807, 2.05) is 0 Å². The fourth-order valence-corrected chi connectivity index (χ4v) is 9.34. The fourth-order valence-electron chi connectivity index (χ4n) is 9.34. The molecule has 0 heterocycles. The molecule has 3 aliphatic carbocycles. The van der Waals surface area contributed by atoms with E-state index in [9.17, 15) is 9.90 Å². The van der Waals surface area contributed by atoms with Gasteiger partial charge in [0, 0.05) is 12.3 Å². The summed E-state index contributed by atoms with van der Waals surface area (Å²) in [5.41, 5.74) is 4.10. The molecule has 3 rings (SSSR count). The molecule has 46 heavy (non-hydrogen) atoms. The van der Waals surface area contributed by atoms with Gasteiger partial charge < -0.3 is 9.84 Å². The molecule has 1 unspecified atom stereocenters. The molecule has 0 aliphatic heterocycles. The highest BCUT2D eigenvalue weighted by Gasteiger charge is 2.56. The molecule has 264 valence electrons. The Balaban J connectivity index is 1.53. The first-order valence-corrected chi connectivity index (χ1v) is 20.1. The van der Waals surface area contributed by atoms with Gasteiger partial charge in [-0.15, -0.1) is 0 Å². The molecule has 0 spiro atoms. The van der Waals surface area contributed by atoms with Crippen molar-refractivity contribution in [3.05, 3.63) is 35.5 Å². The van der Waals surface area contributed by atoms with Crippen LogP contribution in [0.3, 0.4) is 0 Å². The van der Waals surface area contributed by atoms with Crippen molar-refractivity contribution < 1.29 is 14.6 Å². The first-order chi connectivity index (χ1) is 22.2. The van der Waals surface area contributed by atoms with Gasteiger partial charge in [0.2, 0.25) is 0 Å². The highest BCUT2D eigenvalue weighted by atomic mass is 16.5. The number of aliphatic hydroxyl groups is 1. The minimum atomic E-state index is -0.243. The van der Waals surface area contributed by atoms with Crippen LogP contribution in [0.5, 0.6) is 0 Å². The fraction of sp³-hybridized carbons (Fsp3) is 0.837. The summed E-state index contributed by atoms with van der Waals surface area (Å²) in [4.78, 5) is 13.3. The quantitative estimate of drug-likeness (QED) is 0.100. The summed E-state index contributed by atoms with van der Waals surface area (Å²) in [7, 11) is 0. The lowest BCUT2D eigenvalue weighted by atomic mass is 9.60. The zero-order valence-corrected chi connectivity index (χ0v) is 31.1. The van der Waals surface area contributed by atoms with Crippen LogP contribution in [0.25, 0.3) is 0 Å². The Morgan fingerprint density at radius 3 is 2.17 bits per heavy atom. The van der Waals surface area contributed by atoms with E-state index in [-0.39, 0.29) is 23.6 Å². The first kappa shape index (κ1) is 39.1. The molecule has 0 saturated heterocycles. The molecular formula is C43H74O3. The van der Waals surface area contributed by atoms with Gasteiger partial charge in [0.1, 0.15) is 6.10 Å². The molecule has 3 fully saturated rings. The molecule has 3 nitrogen and oxygen atoms in total. The van der Waals surface area contributed by atoms with Gasteiger partial charge in [-0.1, -0.05) is 161 Å². The lowest BCUT2D eigenvalue weighted by Crippen LogP contribution is -2.39. The van der Waals surface area contributed by atoms with E-state index in [1.54, 1.807) is 0 Å². The minimum Gasteiger partial charge on any atom is -0.462 e. The van der Waals surface area contributed by atoms with Crippen molar-refractivity contribution in [3.63, 3.8) is 0 Å². The summed E-state index contributed by atoms with van der Waals surface area (Å²) in [5.74, 6) is 2.21. The van der Waals surface area contributed by atoms with Crippen LogP contribution in [0.15, 0.2) is 35.5 Å². The summed E-state index contributed by atoms with van der Waals surface area (Å²) in [6, 6.07) is 0. The van der Waals surface area contributed by atoms with Crippen LogP contribution in [-0.2, 0) is 9.53 Å². The van der Waals surface area contributed by atoms with Crippen molar-refractivity contribution in [1.82, 2.24) is 0 Å². The van der Waals surface area contributed by atoms with Crippen LogP contribution >= 0.6 is 0 Å². The number of unbranched alkanes of at least 4 members (excludes halogenated alkanes) is 12. The highest BCUT2D eigenvalue weighted by molar-refractivity contribution is 5.69. The third kappa shape index (κ3) is 12.6. The lowest BCUT2D eigenvalue weighted by Gasteiger charge is -2.44. The Morgan fingerprint density at radius 1 is 0.913 bits per heavy atom. The van der Waals surface area contributed by atoms with E-state index in [1.165, 1.54) is 119 Å². The van der Waals surface area contributed by atoms with Gasteiger partial charge in [-0.05, 0) is 80.1 Å². The van der Waals surface area contributed by atoms with Crippen molar-refractivity contribution in [2.45, 2.75) is 201 Å². The second kappa shape index (κ2) is 20.9. The van der Waals surface area contributed by atoms with Gasteiger partial charge >= 0.3 is 5.97 Å². The molecule has 0 bridgehead atoms. The van der Waals surface area contributed by atoms with Crippen LogP contribution < -0.4 is 0 Å². The molecule has 0 aromatic heterocycles. The normalized spacial score (nSPS) is 29.1. The zero-order valence-electron chi connectivity index (χ0n) is 31.1. The highest BCUT2D eigenvalue weighted by Crippen LogP contribution is 2.60. The van der Waals surface area contributed by atoms with Gasteiger partial charge in [0.05, 0.1) is 6.10 Å². The molecule has 0 radical (unpaired) electrons. The van der Waals surface area contributed by atoms with Gasteiger partial charge in [0.15, 0.2) is 0 Å². The van der Waals surface area contributed by atoms with Crippen molar-refractivity contribution >= 4 is 5.97 Å². The minimum absolute atomic E-state index is 0.0270. The molecular weight excluding hydrogens is 564 g/mol. The van der Waals surface area contributed by atoms with E-state index in [0.717, 1.165) is 50.9 Å². The summed E-state index contributed by atoms with van der Waals surface area (Å²) >= 11 is 0. The van der Waals surface area contributed by atoms with E-state index in [4.69, 9.17) is 4.74 Å². The molecule has 0 aromatic carbocycles. The Bertz CT molecular complexity index is 959. The number of esters is 1. The van der Waals surface area contributed by atoms with Crippen molar-refractivity contribution in [2.24, 2.45) is 29.1 Å². The number of hydrogen-bond donors (Lipinski definition) is 1. The van der Waals surface area contributed by atoms with Crippen LogP contribution in [0.4, 0.5) is 0 Å².